The number of hydrogen-bond donors (Lipinski definition) is 0. The lowest BCUT2D eigenvalue weighted by Gasteiger charge is -2.13. The number of benzene rings is 2. The van der Waals surface area contributed by atoms with Crippen molar-refractivity contribution >= 4 is 57.0 Å². The monoisotopic (exact) mass is 529 g/mol. The maximum atomic E-state index is 2.52. The first-order valence-corrected chi connectivity index (χ1v) is 13.3. The molecule has 0 amide bonds. The summed E-state index contributed by atoms with van der Waals surface area (Å²) in [6.45, 7) is 1.08. The highest BCUT2D eigenvalue weighted by molar-refractivity contribution is 14.1. The van der Waals surface area contributed by atoms with Gasteiger partial charge in [0, 0.05) is 42.0 Å². The van der Waals surface area contributed by atoms with Crippen LogP contribution in [0.3, 0.4) is 0 Å². The molecule has 0 fully saturated rings. The number of fused-ring (bicyclic) bond motifs is 2. The molecule has 156 valence electrons. The third-order valence-electron chi connectivity index (χ3n) is 5.78. The van der Waals surface area contributed by atoms with Gasteiger partial charge in [-0.2, -0.15) is 4.57 Å². The smallest absolute Gasteiger partial charge is 0.212 e. The molecule has 2 aromatic carbocycles. The normalized spacial score (nSPS) is 14.6. The molecular formula is C26H30IN2S+. The van der Waals surface area contributed by atoms with Crippen LogP contribution in [0, 0.1) is 0 Å². The number of nitrogens with zero attached hydrogens (tertiary/aromatic N) is 2. The Morgan fingerprint density at radius 3 is 2.43 bits per heavy atom. The fourth-order valence-electron chi connectivity index (χ4n) is 4.10. The molecule has 0 saturated carbocycles. The van der Waals surface area contributed by atoms with Gasteiger partial charge in [-0.1, -0.05) is 77.9 Å². The summed E-state index contributed by atoms with van der Waals surface area (Å²) < 4.78 is 3.81. The number of hydrogen-bond acceptors (Lipinski definition) is 2. The first-order chi connectivity index (χ1) is 14.8. The number of aryl methyl sites for hydroxylation is 1. The molecule has 3 aromatic rings. The van der Waals surface area contributed by atoms with Crippen LogP contribution in [0.1, 0.15) is 44.2 Å². The number of rotatable bonds is 9. The third kappa shape index (κ3) is 5.02. The van der Waals surface area contributed by atoms with Crippen LogP contribution in [0.4, 0.5) is 5.69 Å². The highest BCUT2D eigenvalue weighted by atomic mass is 127. The van der Waals surface area contributed by atoms with Crippen molar-refractivity contribution in [3.63, 3.8) is 0 Å². The molecule has 0 radical (unpaired) electrons. The topological polar surface area (TPSA) is 7.12 Å². The molecule has 1 aliphatic heterocycles. The molecular weight excluding hydrogens is 499 g/mol. The van der Waals surface area contributed by atoms with Crippen LogP contribution in [0.15, 0.2) is 70.6 Å². The largest absolute Gasteiger partial charge is 0.338 e. The van der Waals surface area contributed by atoms with Crippen LogP contribution < -0.4 is 9.47 Å². The second-order valence-electron chi connectivity index (χ2n) is 7.89. The maximum absolute atomic E-state index is 2.52. The van der Waals surface area contributed by atoms with Gasteiger partial charge in [-0.25, -0.2) is 0 Å². The first kappa shape index (κ1) is 21.7. The molecule has 1 aliphatic rings. The number of thioether (sulfide) groups is 1. The molecule has 0 N–H and O–H groups in total. The number of aromatic nitrogens is 1. The van der Waals surface area contributed by atoms with Crippen LogP contribution in [0.5, 0.6) is 0 Å². The van der Waals surface area contributed by atoms with E-state index in [-0.39, 0.29) is 0 Å². The Morgan fingerprint density at radius 2 is 1.60 bits per heavy atom. The Labute approximate surface area is 198 Å². The van der Waals surface area contributed by atoms with E-state index in [1.165, 1.54) is 75.2 Å². The van der Waals surface area contributed by atoms with Crippen molar-refractivity contribution < 1.29 is 4.57 Å². The van der Waals surface area contributed by atoms with E-state index in [2.05, 4.69) is 106 Å². The zero-order valence-electron chi connectivity index (χ0n) is 17.7. The van der Waals surface area contributed by atoms with Gasteiger partial charge >= 0.3 is 0 Å². The average molecular weight is 530 g/mol. The summed E-state index contributed by atoms with van der Waals surface area (Å²) in [4.78, 5) is 3.65. The number of anilines is 1. The molecule has 2 heterocycles. The SMILES string of the molecule is CN1/C(=C\c2ccc3ccccc3[n+]2CCCCCCCCI)Sc2ccccc21. The third-order valence-corrected chi connectivity index (χ3v) is 7.71. The first-order valence-electron chi connectivity index (χ1n) is 11.0. The van der Waals surface area contributed by atoms with Crippen molar-refractivity contribution in [2.75, 3.05) is 16.4 Å². The molecule has 0 saturated heterocycles. The van der Waals surface area contributed by atoms with Crippen LogP contribution in [0.25, 0.3) is 17.0 Å². The number of halogens is 1. The Bertz CT molecular complexity index is 1030. The number of pyridine rings is 1. The van der Waals surface area contributed by atoms with Gasteiger partial charge in [0.2, 0.25) is 11.2 Å². The molecule has 0 bridgehead atoms. The van der Waals surface area contributed by atoms with Crippen molar-refractivity contribution in [2.24, 2.45) is 0 Å². The molecule has 30 heavy (non-hydrogen) atoms. The van der Waals surface area contributed by atoms with Gasteiger partial charge in [0.1, 0.15) is 6.54 Å². The number of para-hydroxylation sites is 2. The zero-order chi connectivity index (χ0) is 20.8. The van der Waals surface area contributed by atoms with Crippen molar-refractivity contribution in [1.82, 2.24) is 0 Å². The summed E-state index contributed by atoms with van der Waals surface area (Å²) in [6, 6.07) is 22.0. The quantitative estimate of drug-likeness (QED) is 0.123. The van der Waals surface area contributed by atoms with E-state index in [1.54, 1.807) is 0 Å². The van der Waals surface area contributed by atoms with Gasteiger partial charge < -0.3 is 4.90 Å². The van der Waals surface area contributed by atoms with E-state index in [1.807, 2.05) is 11.8 Å². The summed E-state index contributed by atoms with van der Waals surface area (Å²) in [7, 11) is 2.17. The standard InChI is InChI=1S/C26H30IN2S/c1-28-24-14-8-9-15-25(24)30-26(28)20-22-17-16-21-12-6-7-13-23(21)29(22)19-11-5-3-2-4-10-18-27/h6-9,12-17,20H,2-5,10-11,18-19H2,1H3/q+1. The summed E-state index contributed by atoms with van der Waals surface area (Å²) in [5.41, 5.74) is 3.92. The van der Waals surface area contributed by atoms with Crippen LogP contribution in [-0.4, -0.2) is 11.5 Å². The van der Waals surface area contributed by atoms with E-state index in [9.17, 15) is 0 Å². The van der Waals surface area contributed by atoms with Gasteiger partial charge in [-0.05, 0) is 41.5 Å². The fraction of sp³-hybridized carbons (Fsp3) is 0.346. The van der Waals surface area contributed by atoms with Gasteiger partial charge in [-0.15, -0.1) is 0 Å². The molecule has 4 heteroatoms. The molecule has 0 aliphatic carbocycles. The van der Waals surface area contributed by atoms with Crippen LogP contribution in [0.2, 0.25) is 0 Å². The predicted molar refractivity (Wildman–Crippen MR) is 139 cm³/mol. The van der Waals surface area contributed by atoms with Gasteiger partial charge in [0.25, 0.3) is 0 Å². The second-order valence-corrected chi connectivity index (χ2v) is 10.0. The van der Waals surface area contributed by atoms with Gasteiger partial charge in [-0.3, -0.25) is 0 Å². The summed E-state index contributed by atoms with van der Waals surface area (Å²) in [5, 5.41) is 2.61. The number of alkyl halides is 1. The minimum atomic E-state index is 1.08. The summed E-state index contributed by atoms with van der Waals surface area (Å²) in [5.74, 6) is 0. The molecule has 0 spiro atoms. The molecule has 0 unspecified atom stereocenters. The molecule has 0 atom stereocenters. The Balaban J connectivity index is 1.55. The van der Waals surface area contributed by atoms with Crippen molar-refractivity contribution in [3.8, 4) is 0 Å². The lowest BCUT2D eigenvalue weighted by molar-refractivity contribution is -0.673. The van der Waals surface area contributed by atoms with Crippen molar-refractivity contribution in [2.45, 2.75) is 50.0 Å². The molecule has 1 aromatic heterocycles. The Morgan fingerprint density at radius 1 is 0.867 bits per heavy atom. The van der Waals surface area contributed by atoms with Crippen LogP contribution >= 0.6 is 34.4 Å². The fourth-order valence-corrected chi connectivity index (χ4v) is 5.73. The molecule has 4 rings (SSSR count). The van der Waals surface area contributed by atoms with E-state index < -0.39 is 0 Å². The number of unbranched alkanes of at least 4 members (excludes halogenated alkanes) is 5. The second kappa shape index (κ2) is 10.7. The van der Waals surface area contributed by atoms with Crippen LogP contribution in [-0.2, 0) is 6.54 Å². The van der Waals surface area contributed by atoms with Gasteiger partial charge in [0.15, 0.2) is 0 Å². The van der Waals surface area contributed by atoms with Crippen molar-refractivity contribution in [3.05, 3.63) is 71.4 Å². The van der Waals surface area contributed by atoms with E-state index >= 15 is 0 Å². The Kier molecular flexibility index (Phi) is 7.72. The highest BCUT2D eigenvalue weighted by Gasteiger charge is 2.23. The van der Waals surface area contributed by atoms with Gasteiger partial charge in [0.05, 0.1) is 10.7 Å². The maximum Gasteiger partial charge on any atom is 0.212 e. The predicted octanol–water partition coefficient (Wildman–Crippen LogP) is 7.44. The lowest BCUT2D eigenvalue weighted by Crippen LogP contribution is -2.38. The highest BCUT2D eigenvalue weighted by Crippen LogP contribution is 2.45. The van der Waals surface area contributed by atoms with E-state index in [0.29, 0.717) is 0 Å². The van der Waals surface area contributed by atoms with E-state index in [4.69, 9.17) is 0 Å². The minimum absolute atomic E-state index is 1.08. The lowest BCUT2D eigenvalue weighted by atomic mass is 10.1. The minimum Gasteiger partial charge on any atom is -0.338 e. The summed E-state index contributed by atoms with van der Waals surface area (Å²) in [6.07, 6.45) is 10.4. The average Bonchev–Trinajstić information content (AvgIpc) is 3.09. The van der Waals surface area contributed by atoms with Crippen molar-refractivity contribution in [1.29, 1.82) is 0 Å². The Hall–Kier alpha value is -1.53. The molecule has 2 nitrogen and oxygen atoms in total. The zero-order valence-corrected chi connectivity index (χ0v) is 20.7. The van der Waals surface area contributed by atoms with E-state index in [0.717, 1.165) is 6.54 Å². The summed E-state index contributed by atoms with van der Waals surface area (Å²) >= 11 is 4.35.